The molecule has 2 aromatic heterocycles. The van der Waals surface area contributed by atoms with Crippen molar-refractivity contribution >= 4 is 23.5 Å². The van der Waals surface area contributed by atoms with E-state index in [9.17, 15) is 14.8 Å². The van der Waals surface area contributed by atoms with Gasteiger partial charge in [-0.25, -0.2) is 4.52 Å². The predicted molar refractivity (Wildman–Crippen MR) is 131 cm³/mol. The number of hydrogen-bond acceptors (Lipinski definition) is 7. The van der Waals surface area contributed by atoms with Crippen LogP contribution < -0.4 is 10.1 Å². The van der Waals surface area contributed by atoms with Crippen molar-refractivity contribution in [2.75, 3.05) is 18.5 Å². The van der Waals surface area contributed by atoms with Gasteiger partial charge in [0, 0.05) is 17.7 Å². The number of allylic oxidation sites excluding steroid dienone is 2. The first-order chi connectivity index (χ1) is 17.5. The fraction of sp³-hybridized carbons (Fsp3) is 0.308. The summed E-state index contributed by atoms with van der Waals surface area (Å²) >= 11 is 0. The minimum atomic E-state index is -0.630. The van der Waals surface area contributed by atoms with Gasteiger partial charge in [0.2, 0.25) is 11.9 Å². The average Bonchev–Trinajstić information content (AvgIpc) is 3.79. The van der Waals surface area contributed by atoms with E-state index >= 15 is 0 Å². The number of carbonyl (C=O) groups is 2. The first kappa shape index (κ1) is 23.6. The van der Waals surface area contributed by atoms with Gasteiger partial charge < -0.3 is 9.84 Å². The molecule has 0 unspecified atom stereocenters. The van der Waals surface area contributed by atoms with Crippen molar-refractivity contribution < 1.29 is 24.6 Å². The van der Waals surface area contributed by atoms with Crippen molar-refractivity contribution in [3.63, 3.8) is 0 Å². The lowest BCUT2D eigenvalue weighted by molar-refractivity contribution is -0.138. The van der Waals surface area contributed by atoms with Crippen LogP contribution in [-0.4, -0.2) is 55.0 Å². The van der Waals surface area contributed by atoms with Crippen molar-refractivity contribution in [1.82, 2.24) is 19.7 Å². The molecule has 36 heavy (non-hydrogen) atoms. The van der Waals surface area contributed by atoms with Crippen LogP contribution in [0.15, 0.2) is 66.4 Å². The summed E-state index contributed by atoms with van der Waals surface area (Å²) in [7, 11) is 0. The second-order valence-electron chi connectivity index (χ2n) is 9.07. The first-order valence-electron chi connectivity index (χ1n) is 11.9. The summed E-state index contributed by atoms with van der Waals surface area (Å²) in [6.45, 7) is 0.839. The number of benzene rings is 1. The summed E-state index contributed by atoms with van der Waals surface area (Å²) in [5.74, 6) is 0.542. The summed E-state index contributed by atoms with van der Waals surface area (Å²) in [5.41, 5.74) is 3.48. The Morgan fingerprint density at radius 3 is 2.44 bits per heavy atom. The molecule has 3 aliphatic rings. The van der Waals surface area contributed by atoms with Gasteiger partial charge in [-0.2, -0.15) is 4.98 Å². The number of amides is 1. The van der Waals surface area contributed by atoms with Gasteiger partial charge in [-0.1, -0.05) is 12.1 Å². The van der Waals surface area contributed by atoms with E-state index in [1.165, 1.54) is 0 Å². The number of aliphatic carboxylic acids is 1. The minimum Gasteiger partial charge on any atom is -0.489 e. The summed E-state index contributed by atoms with van der Waals surface area (Å²) in [6, 6.07) is 13.5. The Morgan fingerprint density at radius 2 is 1.81 bits per heavy atom. The molecule has 1 amide bonds. The number of rotatable bonds is 7. The lowest BCUT2D eigenvalue weighted by Crippen LogP contribution is -2.20. The number of nitrogens with zero attached hydrogens (tertiary/aromatic N) is 4. The molecule has 0 atom stereocenters. The largest absolute Gasteiger partial charge is 0.489 e. The number of carboxylic acids is 1. The molecule has 0 bridgehead atoms. The maximum Gasteiger partial charge on any atom is 0.306 e. The van der Waals surface area contributed by atoms with Crippen LogP contribution >= 0.6 is 0 Å². The predicted octanol–water partition coefficient (Wildman–Crippen LogP) is 3.75. The van der Waals surface area contributed by atoms with Crippen molar-refractivity contribution in [2.45, 2.75) is 25.7 Å². The molecular formula is C26H27N5O5. The van der Waals surface area contributed by atoms with E-state index in [4.69, 9.17) is 9.84 Å². The van der Waals surface area contributed by atoms with Gasteiger partial charge in [0.15, 0.2) is 5.65 Å². The maximum absolute atomic E-state index is 12.0. The van der Waals surface area contributed by atoms with Crippen LogP contribution in [0.3, 0.4) is 0 Å². The van der Waals surface area contributed by atoms with Crippen molar-refractivity contribution in [1.29, 1.82) is 0 Å². The lowest BCUT2D eigenvalue weighted by Gasteiger charge is -2.18. The lowest BCUT2D eigenvalue weighted by atomic mass is 10.1. The monoisotopic (exact) mass is 489 g/mol. The van der Waals surface area contributed by atoms with E-state index in [1.807, 2.05) is 48.5 Å². The number of carboxylic acid groups (broad SMARTS) is 1. The van der Waals surface area contributed by atoms with Crippen LogP contribution in [0.1, 0.15) is 25.7 Å². The highest BCUT2D eigenvalue weighted by molar-refractivity contribution is 5.92. The van der Waals surface area contributed by atoms with E-state index in [0.29, 0.717) is 24.7 Å². The van der Waals surface area contributed by atoms with E-state index < -0.39 is 5.97 Å². The van der Waals surface area contributed by atoms with Gasteiger partial charge in [-0.3, -0.25) is 25.2 Å². The van der Waals surface area contributed by atoms with Gasteiger partial charge in [0.25, 0.3) is 0 Å². The highest BCUT2D eigenvalue weighted by atomic mass is 16.5. The van der Waals surface area contributed by atoms with Crippen molar-refractivity contribution in [3.8, 4) is 17.0 Å². The smallest absolute Gasteiger partial charge is 0.306 e. The van der Waals surface area contributed by atoms with Crippen LogP contribution in [0, 0.1) is 11.8 Å². The third-order valence-corrected chi connectivity index (χ3v) is 6.00. The Kier molecular flexibility index (Phi) is 6.68. The van der Waals surface area contributed by atoms with Gasteiger partial charge in [-0.15, -0.1) is 5.10 Å². The molecule has 186 valence electrons. The Labute approximate surface area is 207 Å². The number of hydroxylamine groups is 2. The van der Waals surface area contributed by atoms with E-state index in [2.05, 4.69) is 15.4 Å². The summed E-state index contributed by atoms with van der Waals surface area (Å²) in [6.07, 6.45) is 8.99. The molecule has 3 N–H and O–H groups in total. The van der Waals surface area contributed by atoms with Crippen molar-refractivity contribution in [2.24, 2.45) is 11.8 Å². The SMILES string of the molecule is O=C(Nc1nc2cccc(-c3ccc(OCC4=CC=CN(O)C4)cc3)n2n1)C1CC1.O=C(O)C1CC1. The number of ether oxygens (including phenoxy) is 1. The number of pyridine rings is 1. The molecule has 1 aromatic carbocycles. The van der Waals surface area contributed by atoms with Crippen LogP contribution in [0.25, 0.3) is 16.9 Å². The molecule has 3 aromatic rings. The van der Waals surface area contributed by atoms with Crippen molar-refractivity contribution in [3.05, 3.63) is 66.4 Å². The Morgan fingerprint density at radius 1 is 1.06 bits per heavy atom. The minimum absolute atomic E-state index is 0.0122. The average molecular weight is 490 g/mol. The molecule has 10 heteroatoms. The zero-order valence-corrected chi connectivity index (χ0v) is 19.6. The zero-order chi connectivity index (χ0) is 25.1. The molecule has 0 saturated heterocycles. The fourth-order valence-corrected chi connectivity index (χ4v) is 3.65. The normalized spacial score (nSPS) is 16.7. The van der Waals surface area contributed by atoms with Gasteiger partial charge in [-0.05, 0) is 73.7 Å². The second kappa shape index (κ2) is 10.2. The van der Waals surface area contributed by atoms with E-state index in [0.717, 1.165) is 53.3 Å². The van der Waals surface area contributed by atoms with Crippen LogP contribution in [-0.2, 0) is 9.59 Å². The second-order valence-corrected chi connectivity index (χ2v) is 9.07. The molecular weight excluding hydrogens is 462 g/mol. The van der Waals surface area contributed by atoms with Gasteiger partial charge in [0.05, 0.1) is 18.2 Å². The molecule has 0 spiro atoms. The summed E-state index contributed by atoms with van der Waals surface area (Å²) < 4.78 is 7.56. The van der Waals surface area contributed by atoms with E-state index in [-0.39, 0.29) is 17.7 Å². The number of anilines is 1. The van der Waals surface area contributed by atoms with Crippen LogP contribution in [0.4, 0.5) is 5.95 Å². The van der Waals surface area contributed by atoms with Gasteiger partial charge >= 0.3 is 5.97 Å². The number of aromatic nitrogens is 3. The topological polar surface area (TPSA) is 129 Å². The molecule has 3 heterocycles. The highest BCUT2D eigenvalue weighted by Gasteiger charge is 2.30. The Hall–Kier alpha value is -4.18. The molecule has 10 nitrogen and oxygen atoms in total. The summed E-state index contributed by atoms with van der Waals surface area (Å²) in [4.78, 5) is 26.2. The Balaban J connectivity index is 0.000000391. The first-order valence-corrected chi connectivity index (χ1v) is 11.9. The molecule has 2 fully saturated rings. The fourth-order valence-electron chi connectivity index (χ4n) is 3.65. The number of fused-ring (bicyclic) bond motifs is 1. The number of hydrogen-bond donors (Lipinski definition) is 3. The standard InChI is InChI=1S/C22H21N5O3.C4H6O2/c28-21(17-6-7-17)24-22-23-20-5-1-4-19(27(20)25-22)16-8-10-18(11-9-16)30-14-15-3-2-12-26(29)13-15;5-4(6)3-1-2-3/h1-5,8-12,17,29H,6-7,13-14H2,(H,24,25,28);3H,1-2H2,(H,5,6). The molecule has 2 aliphatic carbocycles. The third kappa shape index (κ3) is 5.89. The highest BCUT2D eigenvalue weighted by Crippen LogP contribution is 2.30. The quantitative estimate of drug-likeness (QED) is 0.458. The molecule has 1 aliphatic heterocycles. The number of nitrogens with one attached hydrogen (secondary N) is 1. The number of carbonyl (C=O) groups excluding carboxylic acids is 1. The molecule has 2 saturated carbocycles. The Bertz CT molecular complexity index is 1320. The molecule has 6 rings (SSSR count). The zero-order valence-electron chi connectivity index (χ0n) is 19.6. The van der Waals surface area contributed by atoms with Crippen LogP contribution in [0.2, 0.25) is 0 Å². The van der Waals surface area contributed by atoms with E-state index in [1.54, 1.807) is 16.8 Å². The third-order valence-electron chi connectivity index (χ3n) is 6.00. The summed E-state index contributed by atoms with van der Waals surface area (Å²) in [5, 5.41) is 26.0. The van der Waals surface area contributed by atoms with Crippen LogP contribution in [0.5, 0.6) is 5.75 Å². The maximum atomic E-state index is 12.0. The van der Waals surface area contributed by atoms with Gasteiger partial charge in [0.1, 0.15) is 12.4 Å². The molecule has 0 radical (unpaired) electrons.